The molecule has 4 aromatic rings. The van der Waals surface area contributed by atoms with E-state index in [1.807, 2.05) is 6.07 Å². The second-order valence-corrected chi connectivity index (χ2v) is 9.90. The molecule has 0 atom stereocenters. The Balaban J connectivity index is 1.82. The van der Waals surface area contributed by atoms with Gasteiger partial charge >= 0.3 is 212 Å². The molecule has 0 radical (unpaired) electrons. The van der Waals surface area contributed by atoms with Crippen molar-refractivity contribution in [2.75, 3.05) is 6.61 Å². The van der Waals surface area contributed by atoms with Gasteiger partial charge in [0.05, 0.1) is 0 Å². The number of nitrogens with zero attached hydrogens (tertiary/aromatic N) is 1. The van der Waals surface area contributed by atoms with Crippen LogP contribution < -0.4 is 0 Å². The van der Waals surface area contributed by atoms with E-state index < -0.39 is 32.1 Å². The van der Waals surface area contributed by atoms with Gasteiger partial charge in [-0.25, -0.2) is 0 Å². The standard InChI is InChI=1S/C28H19F2NO4Se/c1-2-35-28(34)18(15-31)11-16-3-5-17(6-4-16)23-14-26(21-9-7-19(32)12-24(21)29)36-27(23)22-10-8-20(33)13-25(22)30/h3-14,32-33H,2H2,1H3. The fourth-order valence-electron chi connectivity index (χ4n) is 3.60. The van der Waals surface area contributed by atoms with E-state index >= 15 is 0 Å². The molecule has 4 rings (SSSR count). The minimum atomic E-state index is -0.709. The van der Waals surface area contributed by atoms with Crippen molar-refractivity contribution in [3.8, 4) is 48.7 Å². The molecule has 0 spiro atoms. The summed E-state index contributed by atoms with van der Waals surface area (Å²) in [5.41, 5.74) is 2.48. The molecule has 0 amide bonds. The maximum absolute atomic E-state index is 14.8. The van der Waals surface area contributed by atoms with Crippen molar-refractivity contribution in [2.45, 2.75) is 6.92 Å². The fourth-order valence-corrected chi connectivity index (χ4v) is 6.19. The van der Waals surface area contributed by atoms with E-state index in [0.717, 1.165) is 17.7 Å². The van der Waals surface area contributed by atoms with Crippen LogP contribution in [-0.2, 0) is 9.53 Å². The van der Waals surface area contributed by atoms with Gasteiger partial charge in [-0.3, -0.25) is 0 Å². The number of hydrogen-bond donors (Lipinski definition) is 2. The molecular formula is C28H19F2NO4Se. The van der Waals surface area contributed by atoms with Crippen molar-refractivity contribution in [2.24, 2.45) is 0 Å². The Kier molecular flexibility index (Phi) is 7.35. The number of phenolic OH excluding ortho intramolecular Hbond substituents is 2. The van der Waals surface area contributed by atoms with E-state index in [4.69, 9.17) is 4.74 Å². The number of hydrogen-bond acceptors (Lipinski definition) is 5. The molecule has 2 N–H and O–H groups in total. The van der Waals surface area contributed by atoms with Crippen LogP contribution >= 0.6 is 0 Å². The Hall–Kier alpha value is -4.18. The number of carbonyl (C=O) groups is 1. The number of ether oxygens (including phenoxy) is 1. The molecular weight excluding hydrogens is 531 g/mol. The molecule has 0 fully saturated rings. The Morgan fingerprint density at radius 2 is 1.56 bits per heavy atom. The summed E-state index contributed by atoms with van der Waals surface area (Å²) in [5, 5.41) is 28.5. The van der Waals surface area contributed by atoms with Crippen molar-refractivity contribution >= 4 is 26.5 Å². The third-order valence-electron chi connectivity index (χ3n) is 5.30. The molecule has 5 nitrogen and oxygen atoms in total. The maximum atomic E-state index is 14.8. The number of rotatable bonds is 6. The van der Waals surface area contributed by atoms with Crippen LogP contribution in [0.5, 0.6) is 11.5 Å². The second kappa shape index (κ2) is 10.6. The fraction of sp³-hybridized carbons (Fsp3) is 0.0714. The van der Waals surface area contributed by atoms with Gasteiger partial charge in [-0.15, -0.1) is 0 Å². The van der Waals surface area contributed by atoms with E-state index in [0.29, 0.717) is 31.1 Å². The van der Waals surface area contributed by atoms with Gasteiger partial charge in [0.2, 0.25) is 0 Å². The molecule has 0 aliphatic rings. The number of phenols is 2. The first-order chi connectivity index (χ1) is 17.3. The van der Waals surface area contributed by atoms with Crippen molar-refractivity contribution < 1.29 is 28.5 Å². The first-order valence-electron chi connectivity index (χ1n) is 10.8. The number of aromatic hydroxyl groups is 2. The SMILES string of the molecule is CCOC(=O)C(C#N)=Cc1ccc(-c2cc(-c3ccc(O)cc3F)[se]c2-c2ccc(O)cc2F)cc1. The molecule has 0 aliphatic carbocycles. The molecule has 0 unspecified atom stereocenters. The molecule has 3 aromatic carbocycles. The van der Waals surface area contributed by atoms with Crippen molar-refractivity contribution in [1.29, 1.82) is 5.26 Å². The number of esters is 1. The van der Waals surface area contributed by atoms with Crippen molar-refractivity contribution in [3.63, 3.8) is 0 Å². The van der Waals surface area contributed by atoms with Crippen LogP contribution in [0.15, 0.2) is 72.3 Å². The topological polar surface area (TPSA) is 90.6 Å². The summed E-state index contributed by atoms with van der Waals surface area (Å²) in [7, 11) is 0. The van der Waals surface area contributed by atoms with Crippen LogP contribution in [0.1, 0.15) is 12.5 Å². The van der Waals surface area contributed by atoms with Crippen LogP contribution in [0.4, 0.5) is 8.78 Å². The molecule has 8 heteroatoms. The number of halogens is 2. The van der Waals surface area contributed by atoms with E-state index in [1.165, 1.54) is 30.3 Å². The van der Waals surface area contributed by atoms with Gasteiger partial charge in [0.25, 0.3) is 0 Å². The van der Waals surface area contributed by atoms with E-state index in [1.54, 1.807) is 37.3 Å². The average Bonchev–Trinajstić information content (AvgIpc) is 3.27. The quantitative estimate of drug-likeness (QED) is 0.135. The van der Waals surface area contributed by atoms with E-state index in [2.05, 4.69) is 0 Å². The third-order valence-corrected chi connectivity index (χ3v) is 7.82. The normalized spacial score (nSPS) is 11.2. The predicted molar refractivity (Wildman–Crippen MR) is 133 cm³/mol. The third kappa shape index (κ3) is 5.23. The Bertz CT molecular complexity index is 1520. The molecule has 180 valence electrons. The summed E-state index contributed by atoms with van der Waals surface area (Å²) >= 11 is -0.485. The first kappa shape index (κ1) is 24.9. The molecule has 36 heavy (non-hydrogen) atoms. The van der Waals surface area contributed by atoms with E-state index in [9.17, 15) is 29.1 Å². The van der Waals surface area contributed by atoms with Gasteiger partial charge in [0.1, 0.15) is 0 Å². The Morgan fingerprint density at radius 1 is 0.944 bits per heavy atom. The zero-order chi connectivity index (χ0) is 25.8. The van der Waals surface area contributed by atoms with Crippen LogP contribution in [-0.4, -0.2) is 37.3 Å². The monoisotopic (exact) mass is 551 g/mol. The van der Waals surface area contributed by atoms with Gasteiger partial charge in [-0.2, -0.15) is 0 Å². The zero-order valence-corrected chi connectivity index (χ0v) is 20.7. The number of carbonyl (C=O) groups excluding carboxylic acids is 1. The summed E-state index contributed by atoms with van der Waals surface area (Å²) in [4.78, 5) is 11.9. The summed E-state index contributed by atoms with van der Waals surface area (Å²) in [6.07, 6.45) is 1.42. The van der Waals surface area contributed by atoms with Gasteiger partial charge in [0.15, 0.2) is 0 Å². The molecule has 1 heterocycles. The van der Waals surface area contributed by atoms with Gasteiger partial charge in [0, 0.05) is 0 Å². The van der Waals surface area contributed by atoms with Crippen LogP contribution in [0, 0.1) is 23.0 Å². The van der Waals surface area contributed by atoms with Crippen LogP contribution in [0.3, 0.4) is 0 Å². The molecule has 0 saturated heterocycles. The van der Waals surface area contributed by atoms with Gasteiger partial charge < -0.3 is 0 Å². The van der Waals surface area contributed by atoms with Crippen LogP contribution in [0.25, 0.3) is 37.2 Å². The molecule has 1 aromatic heterocycles. The summed E-state index contributed by atoms with van der Waals surface area (Å²) < 4.78 is 35.7. The Morgan fingerprint density at radius 3 is 2.11 bits per heavy atom. The zero-order valence-electron chi connectivity index (χ0n) is 19.0. The summed E-state index contributed by atoms with van der Waals surface area (Å²) in [6, 6.07) is 18.4. The molecule has 0 bridgehead atoms. The number of benzene rings is 3. The van der Waals surface area contributed by atoms with Crippen molar-refractivity contribution in [3.05, 3.63) is 89.5 Å². The average molecular weight is 550 g/mol. The Labute approximate surface area is 211 Å². The summed E-state index contributed by atoms with van der Waals surface area (Å²) in [5.74, 6) is -2.29. The number of nitriles is 1. The second-order valence-electron chi connectivity index (χ2n) is 7.69. The molecule has 0 aliphatic heterocycles. The van der Waals surface area contributed by atoms with Crippen molar-refractivity contribution in [1.82, 2.24) is 0 Å². The first-order valence-corrected chi connectivity index (χ1v) is 12.5. The summed E-state index contributed by atoms with van der Waals surface area (Å²) in [6.45, 7) is 1.80. The van der Waals surface area contributed by atoms with Gasteiger partial charge in [-0.05, 0) is 0 Å². The van der Waals surface area contributed by atoms with Gasteiger partial charge in [-0.1, -0.05) is 0 Å². The minimum absolute atomic E-state index is 0.134. The predicted octanol–water partition coefficient (Wildman–Crippen LogP) is 5.90. The van der Waals surface area contributed by atoms with E-state index in [-0.39, 0.29) is 23.7 Å². The molecule has 0 saturated carbocycles. The van der Waals surface area contributed by atoms with Crippen LogP contribution in [0.2, 0.25) is 0 Å².